The van der Waals surface area contributed by atoms with Gasteiger partial charge in [-0.2, -0.15) is 5.10 Å². The molecule has 0 aliphatic heterocycles. The topological polar surface area (TPSA) is 56.9 Å². The van der Waals surface area contributed by atoms with Gasteiger partial charge < -0.3 is 14.6 Å². The molecule has 0 radical (unpaired) electrons. The molecule has 0 fully saturated rings. The minimum Gasteiger partial charge on any atom is -0.493 e. The zero-order valence-electron chi connectivity index (χ0n) is 12.1. The zero-order chi connectivity index (χ0) is 14.0. The number of imidazole rings is 1. The van der Waals surface area contributed by atoms with Crippen molar-refractivity contribution in [3.8, 4) is 5.75 Å². The maximum Gasteiger partial charge on any atom is 0.162 e. The monoisotopic (exact) mass is 263 g/mol. The molecule has 2 heterocycles. The van der Waals surface area contributed by atoms with Crippen molar-refractivity contribution >= 4 is 0 Å². The van der Waals surface area contributed by atoms with E-state index >= 15 is 0 Å². The van der Waals surface area contributed by atoms with E-state index in [4.69, 9.17) is 4.74 Å². The molecule has 6 heteroatoms. The van der Waals surface area contributed by atoms with Gasteiger partial charge in [0.15, 0.2) is 5.75 Å². The molecule has 1 atom stereocenters. The molecule has 0 bridgehead atoms. The van der Waals surface area contributed by atoms with Crippen LogP contribution in [0.3, 0.4) is 0 Å². The van der Waals surface area contributed by atoms with Crippen molar-refractivity contribution in [1.82, 2.24) is 24.6 Å². The number of aryl methyl sites for hydroxylation is 1. The van der Waals surface area contributed by atoms with Crippen molar-refractivity contribution in [2.45, 2.75) is 25.9 Å². The number of ether oxygens (including phenoxy) is 1. The minimum absolute atomic E-state index is 0.00708. The smallest absolute Gasteiger partial charge is 0.162 e. The fraction of sp³-hybridized carbons (Fsp3) is 0.538. The van der Waals surface area contributed by atoms with Crippen LogP contribution >= 0.6 is 0 Å². The third kappa shape index (κ3) is 2.35. The van der Waals surface area contributed by atoms with E-state index in [2.05, 4.69) is 29.2 Å². The van der Waals surface area contributed by atoms with E-state index in [-0.39, 0.29) is 12.1 Å². The van der Waals surface area contributed by atoms with Crippen LogP contribution in [0.2, 0.25) is 0 Å². The van der Waals surface area contributed by atoms with Gasteiger partial charge in [0.2, 0.25) is 0 Å². The quantitative estimate of drug-likeness (QED) is 0.888. The average Bonchev–Trinajstić information content (AvgIpc) is 2.98. The van der Waals surface area contributed by atoms with Crippen LogP contribution in [-0.4, -0.2) is 33.5 Å². The number of hydrogen-bond acceptors (Lipinski definition) is 4. The van der Waals surface area contributed by atoms with Gasteiger partial charge in [-0.05, 0) is 20.9 Å². The van der Waals surface area contributed by atoms with Gasteiger partial charge in [0.1, 0.15) is 5.69 Å². The first kappa shape index (κ1) is 13.6. The molecule has 2 rings (SSSR count). The van der Waals surface area contributed by atoms with Crippen molar-refractivity contribution < 1.29 is 4.74 Å². The van der Waals surface area contributed by atoms with Crippen LogP contribution in [0.1, 0.15) is 37.3 Å². The molecule has 0 aliphatic carbocycles. The molecular formula is C13H21N5O. The lowest BCUT2D eigenvalue weighted by molar-refractivity contribution is 0.394. The van der Waals surface area contributed by atoms with Gasteiger partial charge in [-0.25, -0.2) is 4.98 Å². The Balaban J connectivity index is 2.54. The van der Waals surface area contributed by atoms with Gasteiger partial charge in [0.05, 0.1) is 37.6 Å². The van der Waals surface area contributed by atoms with E-state index in [0.717, 1.165) is 17.1 Å². The first-order chi connectivity index (χ1) is 9.10. The normalized spacial score (nSPS) is 12.9. The highest BCUT2D eigenvalue weighted by Gasteiger charge is 2.25. The summed E-state index contributed by atoms with van der Waals surface area (Å²) in [7, 11) is 5.57. The Morgan fingerprint density at radius 3 is 2.53 bits per heavy atom. The van der Waals surface area contributed by atoms with Gasteiger partial charge >= 0.3 is 0 Å². The Kier molecular flexibility index (Phi) is 3.90. The Morgan fingerprint density at radius 2 is 2.05 bits per heavy atom. The van der Waals surface area contributed by atoms with Crippen molar-refractivity contribution in [2.75, 3.05) is 14.2 Å². The van der Waals surface area contributed by atoms with E-state index in [1.54, 1.807) is 19.6 Å². The SMILES string of the molecule is CNC(c1cncn1C)c1c(OC)cnn1C(C)C. The lowest BCUT2D eigenvalue weighted by atomic mass is 10.1. The predicted octanol–water partition coefficient (Wildman–Crippen LogP) is 1.51. The lowest BCUT2D eigenvalue weighted by Gasteiger charge is -2.21. The second kappa shape index (κ2) is 5.44. The summed E-state index contributed by atoms with van der Waals surface area (Å²) in [6, 6.07) is 0.260. The zero-order valence-corrected chi connectivity index (χ0v) is 12.1. The Labute approximate surface area is 113 Å². The second-order valence-corrected chi connectivity index (χ2v) is 4.79. The molecule has 0 aliphatic rings. The number of rotatable bonds is 5. The number of methoxy groups -OCH3 is 1. The van der Waals surface area contributed by atoms with Gasteiger partial charge in [-0.15, -0.1) is 0 Å². The van der Waals surface area contributed by atoms with E-state index in [0.29, 0.717) is 0 Å². The summed E-state index contributed by atoms with van der Waals surface area (Å²) in [5, 5.41) is 7.73. The van der Waals surface area contributed by atoms with E-state index in [9.17, 15) is 0 Å². The number of hydrogen-bond donors (Lipinski definition) is 1. The maximum absolute atomic E-state index is 5.44. The molecule has 0 saturated heterocycles. The fourth-order valence-electron chi connectivity index (χ4n) is 2.27. The van der Waals surface area contributed by atoms with Crippen LogP contribution in [-0.2, 0) is 7.05 Å². The summed E-state index contributed by atoms with van der Waals surface area (Å²) in [5.74, 6) is 0.786. The third-order valence-electron chi connectivity index (χ3n) is 3.22. The van der Waals surface area contributed by atoms with Gasteiger partial charge in [0.25, 0.3) is 0 Å². The maximum atomic E-state index is 5.44. The molecular weight excluding hydrogens is 242 g/mol. The largest absolute Gasteiger partial charge is 0.493 e. The van der Waals surface area contributed by atoms with Crippen LogP contribution in [0.5, 0.6) is 5.75 Å². The third-order valence-corrected chi connectivity index (χ3v) is 3.22. The van der Waals surface area contributed by atoms with Gasteiger partial charge in [-0.3, -0.25) is 4.68 Å². The molecule has 2 aromatic rings. The molecule has 1 unspecified atom stereocenters. The summed E-state index contributed by atoms with van der Waals surface area (Å²) in [4.78, 5) is 4.18. The Bertz CT molecular complexity index is 543. The number of nitrogens with zero attached hydrogens (tertiary/aromatic N) is 4. The van der Waals surface area contributed by atoms with Crippen molar-refractivity contribution in [3.63, 3.8) is 0 Å². The van der Waals surface area contributed by atoms with Crippen molar-refractivity contribution in [3.05, 3.63) is 30.1 Å². The molecule has 1 N–H and O–H groups in total. The minimum atomic E-state index is -0.00708. The Hall–Kier alpha value is -1.82. The highest BCUT2D eigenvalue weighted by Crippen LogP contribution is 2.31. The summed E-state index contributed by atoms with van der Waals surface area (Å²) >= 11 is 0. The molecule has 104 valence electrons. The highest BCUT2D eigenvalue weighted by atomic mass is 16.5. The summed E-state index contributed by atoms with van der Waals surface area (Å²) in [6.07, 6.45) is 5.41. The summed E-state index contributed by atoms with van der Waals surface area (Å²) in [5.41, 5.74) is 2.09. The Morgan fingerprint density at radius 1 is 1.32 bits per heavy atom. The summed E-state index contributed by atoms with van der Waals surface area (Å²) < 4.78 is 9.42. The fourth-order valence-corrected chi connectivity index (χ4v) is 2.27. The van der Waals surface area contributed by atoms with E-state index < -0.39 is 0 Å². The van der Waals surface area contributed by atoms with Crippen molar-refractivity contribution in [2.24, 2.45) is 7.05 Å². The van der Waals surface area contributed by atoms with Crippen LogP contribution in [0.25, 0.3) is 0 Å². The number of aromatic nitrogens is 4. The van der Waals surface area contributed by atoms with Crippen LogP contribution in [0, 0.1) is 0 Å². The highest BCUT2D eigenvalue weighted by molar-refractivity contribution is 5.34. The van der Waals surface area contributed by atoms with Crippen molar-refractivity contribution in [1.29, 1.82) is 0 Å². The summed E-state index contributed by atoms with van der Waals surface area (Å²) in [6.45, 7) is 4.21. The molecule has 0 spiro atoms. The molecule has 19 heavy (non-hydrogen) atoms. The van der Waals surface area contributed by atoms with Gasteiger partial charge in [-0.1, -0.05) is 0 Å². The first-order valence-electron chi connectivity index (χ1n) is 6.35. The molecule has 0 amide bonds. The van der Waals surface area contributed by atoms with E-state index in [1.165, 1.54) is 0 Å². The predicted molar refractivity (Wildman–Crippen MR) is 73.3 cm³/mol. The van der Waals surface area contributed by atoms with E-state index in [1.807, 2.05) is 29.5 Å². The van der Waals surface area contributed by atoms with Crippen LogP contribution in [0.4, 0.5) is 0 Å². The lowest BCUT2D eigenvalue weighted by Crippen LogP contribution is -2.24. The number of nitrogens with one attached hydrogen (secondary N) is 1. The molecule has 6 nitrogen and oxygen atoms in total. The van der Waals surface area contributed by atoms with Crippen LogP contribution in [0.15, 0.2) is 18.7 Å². The van der Waals surface area contributed by atoms with Crippen LogP contribution < -0.4 is 10.1 Å². The average molecular weight is 263 g/mol. The second-order valence-electron chi connectivity index (χ2n) is 4.79. The standard InChI is InChI=1S/C13H21N5O/c1-9(2)18-13(11(19-5)7-16-18)12(14-3)10-6-15-8-17(10)4/h6-9,12,14H,1-5H3. The van der Waals surface area contributed by atoms with Gasteiger partial charge in [0, 0.05) is 13.1 Å². The molecule has 2 aromatic heterocycles. The molecule has 0 aromatic carbocycles. The molecule has 0 saturated carbocycles. The first-order valence-corrected chi connectivity index (χ1v) is 6.35.